The Bertz CT molecular complexity index is 1310. The van der Waals surface area contributed by atoms with Crippen LogP contribution in [0.25, 0.3) is 10.9 Å². The van der Waals surface area contributed by atoms with Crippen molar-refractivity contribution >= 4 is 16.6 Å². The van der Waals surface area contributed by atoms with E-state index in [1.54, 1.807) is 17.7 Å². The van der Waals surface area contributed by atoms with Crippen LogP contribution in [0.3, 0.4) is 0 Å². The summed E-state index contributed by atoms with van der Waals surface area (Å²) in [6, 6.07) is 13.2. The molecule has 1 aliphatic heterocycles. The van der Waals surface area contributed by atoms with Crippen LogP contribution in [0.15, 0.2) is 52.1 Å². The zero-order valence-corrected chi connectivity index (χ0v) is 19.5. The van der Waals surface area contributed by atoms with Crippen molar-refractivity contribution in [3.63, 3.8) is 0 Å². The summed E-state index contributed by atoms with van der Waals surface area (Å²) in [6.07, 6.45) is 1.75. The Labute approximate surface area is 197 Å². The van der Waals surface area contributed by atoms with Crippen molar-refractivity contribution in [2.24, 2.45) is 17.6 Å². The number of methoxy groups -OCH3 is 1. The van der Waals surface area contributed by atoms with Gasteiger partial charge in [0.15, 0.2) is 5.75 Å². The molecule has 2 heterocycles. The van der Waals surface area contributed by atoms with Gasteiger partial charge in [-0.25, -0.2) is 4.79 Å². The van der Waals surface area contributed by atoms with Gasteiger partial charge >= 0.3 is 5.69 Å². The Morgan fingerprint density at radius 3 is 2.50 bits per heavy atom. The number of nitrogen functional groups attached to an aromatic ring is 1. The molecule has 2 fully saturated rings. The minimum absolute atomic E-state index is 0.0309. The van der Waals surface area contributed by atoms with Gasteiger partial charge < -0.3 is 25.9 Å². The molecule has 3 aromatic rings. The second kappa shape index (κ2) is 8.72. The van der Waals surface area contributed by atoms with Gasteiger partial charge in [0.05, 0.1) is 18.2 Å². The van der Waals surface area contributed by atoms with Crippen LogP contribution in [-0.4, -0.2) is 42.1 Å². The molecule has 1 saturated heterocycles. The van der Waals surface area contributed by atoms with Gasteiger partial charge in [-0.3, -0.25) is 9.36 Å². The molecular formula is C25H31N5O4. The second-order valence-corrected chi connectivity index (χ2v) is 9.41. The lowest BCUT2D eigenvalue weighted by atomic mass is 9.91. The summed E-state index contributed by atoms with van der Waals surface area (Å²) in [7, 11) is 1.57. The third-order valence-corrected chi connectivity index (χ3v) is 7.08. The van der Waals surface area contributed by atoms with Crippen LogP contribution in [0.1, 0.15) is 25.8 Å². The summed E-state index contributed by atoms with van der Waals surface area (Å²) in [5, 5.41) is 0.381. The van der Waals surface area contributed by atoms with Crippen molar-refractivity contribution in [1.29, 1.82) is 0 Å². The summed E-state index contributed by atoms with van der Waals surface area (Å²) in [4.78, 5) is 27.8. The summed E-state index contributed by atoms with van der Waals surface area (Å²) in [5.74, 6) is 7.68. The van der Waals surface area contributed by atoms with Crippen molar-refractivity contribution < 1.29 is 9.47 Å². The van der Waals surface area contributed by atoms with E-state index in [1.165, 1.54) is 0 Å². The SMILES string of the molecule is COc1c(N2C[C@H]([C@@H](N)COc3ccccc3)[C@H](C)C2)ccc2c(=O)n(N)c(=O)n(C3CC3)c12. The van der Waals surface area contributed by atoms with Gasteiger partial charge in [0.25, 0.3) is 5.56 Å². The Morgan fingerprint density at radius 1 is 1.09 bits per heavy atom. The van der Waals surface area contributed by atoms with Gasteiger partial charge in [0, 0.05) is 25.2 Å². The van der Waals surface area contributed by atoms with Crippen molar-refractivity contribution in [3.8, 4) is 11.5 Å². The number of hydrogen-bond acceptors (Lipinski definition) is 7. The molecule has 1 aromatic heterocycles. The molecule has 0 amide bonds. The van der Waals surface area contributed by atoms with E-state index in [0.29, 0.717) is 33.9 Å². The average molecular weight is 466 g/mol. The molecule has 4 N–H and O–H groups in total. The molecule has 2 aromatic carbocycles. The quantitative estimate of drug-likeness (QED) is 0.510. The molecule has 3 atom stereocenters. The predicted octanol–water partition coefficient (Wildman–Crippen LogP) is 1.70. The number of benzene rings is 2. The first-order valence-corrected chi connectivity index (χ1v) is 11.7. The van der Waals surface area contributed by atoms with E-state index >= 15 is 0 Å². The zero-order chi connectivity index (χ0) is 24.0. The first kappa shape index (κ1) is 22.3. The van der Waals surface area contributed by atoms with Crippen molar-refractivity contribution in [2.75, 3.05) is 37.5 Å². The predicted molar refractivity (Wildman–Crippen MR) is 132 cm³/mol. The Morgan fingerprint density at radius 2 is 1.82 bits per heavy atom. The van der Waals surface area contributed by atoms with Crippen LogP contribution in [0.5, 0.6) is 11.5 Å². The third kappa shape index (κ3) is 3.79. The van der Waals surface area contributed by atoms with Crippen LogP contribution in [-0.2, 0) is 0 Å². The summed E-state index contributed by atoms with van der Waals surface area (Å²) < 4.78 is 14.0. The molecule has 34 heavy (non-hydrogen) atoms. The van der Waals surface area contributed by atoms with Gasteiger partial charge in [-0.05, 0) is 48.9 Å². The maximum Gasteiger partial charge on any atom is 0.350 e. The first-order valence-electron chi connectivity index (χ1n) is 11.7. The minimum Gasteiger partial charge on any atom is -0.492 e. The van der Waals surface area contributed by atoms with E-state index in [-0.39, 0.29) is 18.0 Å². The number of fused-ring (bicyclic) bond motifs is 1. The lowest BCUT2D eigenvalue weighted by Crippen LogP contribution is -2.44. The third-order valence-electron chi connectivity index (χ3n) is 7.08. The Kier molecular flexibility index (Phi) is 5.73. The van der Waals surface area contributed by atoms with Gasteiger partial charge in [-0.1, -0.05) is 25.1 Å². The summed E-state index contributed by atoms with van der Waals surface area (Å²) in [5.41, 5.74) is 6.90. The van der Waals surface area contributed by atoms with Gasteiger partial charge in [0.2, 0.25) is 0 Å². The number of anilines is 1. The lowest BCUT2D eigenvalue weighted by molar-refractivity contribution is 0.233. The number of ether oxygens (including phenoxy) is 2. The fraction of sp³-hybridized carbons (Fsp3) is 0.440. The van der Waals surface area contributed by atoms with E-state index in [9.17, 15) is 9.59 Å². The fourth-order valence-corrected chi connectivity index (χ4v) is 5.10. The maximum atomic E-state index is 12.9. The molecule has 9 nitrogen and oxygen atoms in total. The number of aromatic nitrogens is 2. The molecule has 0 radical (unpaired) electrons. The molecule has 9 heteroatoms. The number of para-hydroxylation sites is 1. The Balaban J connectivity index is 1.46. The monoisotopic (exact) mass is 465 g/mol. The molecule has 2 aliphatic rings. The highest BCUT2D eigenvalue weighted by molar-refractivity contribution is 5.90. The van der Waals surface area contributed by atoms with E-state index in [0.717, 1.165) is 37.4 Å². The largest absolute Gasteiger partial charge is 0.492 e. The molecule has 180 valence electrons. The summed E-state index contributed by atoms with van der Waals surface area (Å²) in [6.45, 7) is 4.13. The number of hydrogen-bond donors (Lipinski definition) is 2. The van der Waals surface area contributed by atoms with Crippen molar-refractivity contribution in [1.82, 2.24) is 9.24 Å². The molecular weight excluding hydrogens is 434 g/mol. The van der Waals surface area contributed by atoms with Crippen LogP contribution >= 0.6 is 0 Å². The first-order chi connectivity index (χ1) is 16.4. The standard InChI is InChI=1S/C25H31N5O4/c1-15-12-28(13-19(15)20(26)14-34-17-6-4-3-5-7-17)21-11-10-18-22(23(21)33-2)29(16-8-9-16)25(32)30(27)24(18)31/h3-7,10-11,15-16,19-20H,8-9,12-14,26-27H2,1-2H3/t15-,19+,20+/m1/s1. The van der Waals surface area contributed by atoms with Crippen molar-refractivity contribution in [2.45, 2.75) is 31.8 Å². The van der Waals surface area contributed by atoms with Gasteiger partial charge in [0.1, 0.15) is 17.9 Å². The normalized spacial score (nSPS) is 21.1. The molecule has 0 unspecified atom stereocenters. The highest BCUT2D eigenvalue weighted by Gasteiger charge is 2.37. The fourth-order valence-electron chi connectivity index (χ4n) is 5.10. The van der Waals surface area contributed by atoms with E-state index in [1.807, 2.05) is 36.4 Å². The zero-order valence-electron chi connectivity index (χ0n) is 19.5. The molecule has 0 spiro atoms. The number of nitrogens with two attached hydrogens (primary N) is 2. The lowest BCUT2D eigenvalue weighted by Gasteiger charge is -2.25. The second-order valence-electron chi connectivity index (χ2n) is 9.41. The van der Waals surface area contributed by atoms with Crippen LogP contribution in [0.2, 0.25) is 0 Å². The molecule has 1 saturated carbocycles. The molecule has 5 rings (SSSR count). The highest BCUT2D eigenvalue weighted by Crippen LogP contribution is 2.42. The smallest absolute Gasteiger partial charge is 0.350 e. The van der Waals surface area contributed by atoms with Crippen LogP contribution in [0, 0.1) is 11.8 Å². The maximum absolute atomic E-state index is 12.9. The van der Waals surface area contributed by atoms with E-state index in [4.69, 9.17) is 21.1 Å². The average Bonchev–Trinajstić information content (AvgIpc) is 3.61. The van der Waals surface area contributed by atoms with Crippen LogP contribution in [0.4, 0.5) is 5.69 Å². The van der Waals surface area contributed by atoms with E-state index in [2.05, 4.69) is 11.8 Å². The van der Waals surface area contributed by atoms with Gasteiger partial charge in [-0.15, -0.1) is 0 Å². The summed E-state index contributed by atoms with van der Waals surface area (Å²) >= 11 is 0. The number of rotatable bonds is 7. The van der Waals surface area contributed by atoms with E-state index < -0.39 is 11.2 Å². The van der Waals surface area contributed by atoms with Gasteiger partial charge in [-0.2, -0.15) is 4.68 Å². The Hall–Kier alpha value is -3.46. The molecule has 0 bridgehead atoms. The highest BCUT2D eigenvalue weighted by atomic mass is 16.5. The van der Waals surface area contributed by atoms with Crippen molar-refractivity contribution in [3.05, 3.63) is 63.3 Å². The number of nitrogens with zero attached hydrogens (tertiary/aromatic N) is 3. The topological polar surface area (TPSA) is 118 Å². The minimum atomic E-state index is -0.519. The van der Waals surface area contributed by atoms with Crippen LogP contribution < -0.4 is 37.2 Å². The molecule has 1 aliphatic carbocycles.